The highest BCUT2D eigenvalue weighted by Gasteiger charge is 2.12. The number of carbonyl (C=O) groups excluding carboxylic acids is 2. The van der Waals surface area contributed by atoms with E-state index in [9.17, 15) is 18.0 Å². The lowest BCUT2D eigenvalue weighted by Gasteiger charge is -2.02. The van der Waals surface area contributed by atoms with Crippen molar-refractivity contribution < 1.29 is 18.0 Å². The molecule has 0 unspecified atom stereocenters. The van der Waals surface area contributed by atoms with Crippen LogP contribution in [0.15, 0.2) is 0 Å². The fourth-order valence-electron chi connectivity index (χ4n) is 0.770. The van der Waals surface area contributed by atoms with Gasteiger partial charge in [-0.3, -0.25) is 9.59 Å². The standard InChI is InChI=1S/C7H13NO4S/c1-2-3-4-5-13(11,12)8-7(10)6-9/h6H,2-5H2,1H3,(H,8,10). The highest BCUT2D eigenvalue weighted by molar-refractivity contribution is 7.90. The average Bonchev–Trinajstić information content (AvgIpc) is 2.03. The third-order valence-corrected chi connectivity index (χ3v) is 2.72. The minimum Gasteiger partial charge on any atom is -0.292 e. The van der Waals surface area contributed by atoms with Crippen molar-refractivity contribution >= 4 is 22.2 Å². The van der Waals surface area contributed by atoms with Gasteiger partial charge in [0.05, 0.1) is 5.75 Å². The molecule has 76 valence electrons. The van der Waals surface area contributed by atoms with Crippen molar-refractivity contribution in [2.24, 2.45) is 0 Å². The summed E-state index contributed by atoms with van der Waals surface area (Å²) < 4.78 is 23.6. The molecular formula is C7H13NO4S. The van der Waals surface area contributed by atoms with Gasteiger partial charge in [-0.1, -0.05) is 19.8 Å². The first-order valence-electron chi connectivity index (χ1n) is 4.01. The number of amides is 1. The van der Waals surface area contributed by atoms with E-state index < -0.39 is 15.9 Å². The molecule has 0 aromatic rings. The number of aldehydes is 1. The summed E-state index contributed by atoms with van der Waals surface area (Å²) in [6, 6.07) is 0. The molecule has 0 bridgehead atoms. The molecule has 0 spiro atoms. The van der Waals surface area contributed by atoms with Gasteiger partial charge in [0.1, 0.15) is 0 Å². The first kappa shape index (κ1) is 12.1. The molecule has 0 saturated heterocycles. The maximum absolute atomic E-state index is 11.0. The Hall–Kier alpha value is -0.910. The number of sulfonamides is 1. The summed E-state index contributed by atoms with van der Waals surface area (Å²) in [5.74, 6) is -1.23. The highest BCUT2D eigenvalue weighted by atomic mass is 32.2. The Morgan fingerprint density at radius 1 is 1.38 bits per heavy atom. The van der Waals surface area contributed by atoms with Crippen molar-refractivity contribution in [3.8, 4) is 0 Å². The maximum atomic E-state index is 11.0. The maximum Gasteiger partial charge on any atom is 0.297 e. The Bertz CT molecular complexity index is 270. The van der Waals surface area contributed by atoms with Crippen LogP contribution in [-0.4, -0.2) is 26.4 Å². The molecule has 13 heavy (non-hydrogen) atoms. The van der Waals surface area contributed by atoms with Gasteiger partial charge >= 0.3 is 0 Å². The topological polar surface area (TPSA) is 80.3 Å². The summed E-state index contributed by atoms with van der Waals surface area (Å²) >= 11 is 0. The van der Waals surface area contributed by atoms with E-state index in [1.807, 2.05) is 6.92 Å². The first-order chi connectivity index (χ1) is 6.02. The van der Waals surface area contributed by atoms with Crippen molar-refractivity contribution in [1.82, 2.24) is 4.72 Å². The third-order valence-electron chi connectivity index (χ3n) is 1.38. The van der Waals surface area contributed by atoms with E-state index in [0.717, 1.165) is 12.8 Å². The molecule has 5 nitrogen and oxygen atoms in total. The summed E-state index contributed by atoms with van der Waals surface area (Å²) in [7, 11) is -3.60. The van der Waals surface area contributed by atoms with Gasteiger partial charge in [0.25, 0.3) is 5.91 Å². The summed E-state index contributed by atoms with van der Waals surface area (Å²) in [4.78, 5) is 20.2. The van der Waals surface area contributed by atoms with Gasteiger partial charge in [-0.25, -0.2) is 13.1 Å². The Kier molecular flexibility index (Phi) is 5.29. The summed E-state index contributed by atoms with van der Waals surface area (Å²) in [6.07, 6.45) is 2.13. The molecule has 1 N–H and O–H groups in total. The summed E-state index contributed by atoms with van der Waals surface area (Å²) in [5.41, 5.74) is 0. The predicted molar refractivity (Wildman–Crippen MR) is 47.5 cm³/mol. The second kappa shape index (κ2) is 5.69. The van der Waals surface area contributed by atoms with E-state index in [2.05, 4.69) is 0 Å². The van der Waals surface area contributed by atoms with Gasteiger partial charge in [0, 0.05) is 0 Å². The lowest BCUT2D eigenvalue weighted by Crippen LogP contribution is -2.33. The van der Waals surface area contributed by atoms with E-state index in [1.165, 1.54) is 0 Å². The normalized spacial score (nSPS) is 10.8. The molecule has 0 aromatic carbocycles. The molecule has 0 atom stereocenters. The van der Waals surface area contributed by atoms with Crippen LogP contribution in [0.2, 0.25) is 0 Å². The van der Waals surface area contributed by atoms with Crippen molar-refractivity contribution in [3.05, 3.63) is 0 Å². The monoisotopic (exact) mass is 207 g/mol. The SMILES string of the molecule is CCCCCS(=O)(=O)NC(=O)C=O. The van der Waals surface area contributed by atoms with Crippen molar-refractivity contribution in [3.63, 3.8) is 0 Å². The average molecular weight is 207 g/mol. The molecule has 0 aliphatic heterocycles. The van der Waals surface area contributed by atoms with E-state index in [0.29, 0.717) is 6.42 Å². The molecule has 1 amide bonds. The third kappa shape index (κ3) is 6.27. The van der Waals surface area contributed by atoms with E-state index in [1.54, 1.807) is 4.72 Å². The Morgan fingerprint density at radius 2 is 2.00 bits per heavy atom. The van der Waals surface area contributed by atoms with Gasteiger partial charge in [-0.2, -0.15) is 0 Å². The van der Waals surface area contributed by atoms with Crippen LogP contribution in [0.1, 0.15) is 26.2 Å². The summed E-state index contributed by atoms with van der Waals surface area (Å²) in [5, 5.41) is 0. The van der Waals surface area contributed by atoms with Crippen molar-refractivity contribution in [1.29, 1.82) is 0 Å². The zero-order valence-electron chi connectivity index (χ0n) is 7.45. The number of carbonyl (C=O) groups is 2. The number of unbranched alkanes of at least 4 members (excludes halogenated alkanes) is 2. The number of hydrogen-bond acceptors (Lipinski definition) is 4. The number of hydrogen-bond donors (Lipinski definition) is 1. The minimum atomic E-state index is -3.60. The molecule has 0 aliphatic carbocycles. The molecule has 0 aliphatic rings. The van der Waals surface area contributed by atoms with Crippen LogP contribution in [0.5, 0.6) is 0 Å². The van der Waals surface area contributed by atoms with Crippen LogP contribution in [0.25, 0.3) is 0 Å². The summed E-state index contributed by atoms with van der Waals surface area (Å²) in [6.45, 7) is 1.94. The smallest absolute Gasteiger partial charge is 0.292 e. The van der Waals surface area contributed by atoms with Gasteiger partial charge in [-0.15, -0.1) is 0 Å². The van der Waals surface area contributed by atoms with Crippen LogP contribution in [-0.2, 0) is 19.6 Å². The molecule has 0 radical (unpaired) electrons. The highest BCUT2D eigenvalue weighted by Crippen LogP contribution is 1.97. The molecule has 0 heterocycles. The van der Waals surface area contributed by atoms with Crippen molar-refractivity contribution in [2.75, 3.05) is 5.75 Å². The lowest BCUT2D eigenvalue weighted by atomic mass is 10.3. The molecule has 0 saturated carbocycles. The first-order valence-corrected chi connectivity index (χ1v) is 5.66. The zero-order chi connectivity index (χ0) is 10.3. The van der Waals surface area contributed by atoms with Gasteiger partial charge in [-0.05, 0) is 6.42 Å². The Labute approximate surface area is 77.6 Å². The molecule has 0 fully saturated rings. The number of nitrogens with one attached hydrogen (secondary N) is 1. The van der Waals surface area contributed by atoms with Crippen LogP contribution >= 0.6 is 0 Å². The van der Waals surface area contributed by atoms with E-state index in [-0.39, 0.29) is 12.0 Å². The van der Waals surface area contributed by atoms with Crippen LogP contribution in [0.4, 0.5) is 0 Å². The van der Waals surface area contributed by atoms with Crippen LogP contribution in [0.3, 0.4) is 0 Å². The largest absolute Gasteiger partial charge is 0.297 e. The van der Waals surface area contributed by atoms with Gasteiger partial charge in [0.2, 0.25) is 16.3 Å². The van der Waals surface area contributed by atoms with Crippen LogP contribution in [0, 0.1) is 0 Å². The molecule has 0 rings (SSSR count). The van der Waals surface area contributed by atoms with E-state index in [4.69, 9.17) is 0 Å². The molecule has 6 heteroatoms. The fraction of sp³-hybridized carbons (Fsp3) is 0.714. The quantitative estimate of drug-likeness (QED) is 0.372. The van der Waals surface area contributed by atoms with E-state index >= 15 is 0 Å². The lowest BCUT2D eigenvalue weighted by molar-refractivity contribution is -0.130. The van der Waals surface area contributed by atoms with Crippen molar-refractivity contribution in [2.45, 2.75) is 26.2 Å². The second-order valence-electron chi connectivity index (χ2n) is 2.61. The van der Waals surface area contributed by atoms with Gasteiger partial charge < -0.3 is 0 Å². The van der Waals surface area contributed by atoms with Gasteiger partial charge in [0.15, 0.2) is 0 Å². The zero-order valence-corrected chi connectivity index (χ0v) is 8.26. The number of rotatable bonds is 6. The Morgan fingerprint density at radius 3 is 2.46 bits per heavy atom. The van der Waals surface area contributed by atoms with Crippen LogP contribution < -0.4 is 4.72 Å². The fourth-order valence-corrected chi connectivity index (χ4v) is 1.81. The minimum absolute atomic E-state index is 0.0582. The molecular weight excluding hydrogens is 194 g/mol. The molecule has 0 aromatic heterocycles. The Balaban J connectivity index is 3.95. The second-order valence-corrected chi connectivity index (χ2v) is 4.45. The predicted octanol–water partition coefficient (Wildman–Crippen LogP) is -0.179.